The molecule has 0 radical (unpaired) electrons. The summed E-state index contributed by atoms with van der Waals surface area (Å²) in [5.41, 5.74) is 2.97. The Kier molecular flexibility index (Phi) is 4.99. The third kappa shape index (κ3) is 4.09. The van der Waals surface area contributed by atoms with Gasteiger partial charge < -0.3 is 10.4 Å². The van der Waals surface area contributed by atoms with Crippen molar-refractivity contribution in [2.75, 3.05) is 11.9 Å². The molecule has 0 spiro atoms. The molecule has 106 valence electrons. The van der Waals surface area contributed by atoms with Crippen LogP contribution in [0.25, 0.3) is 0 Å². The number of benzene rings is 2. The first kappa shape index (κ1) is 15.1. The average Bonchev–Trinajstić information content (AvgIpc) is 2.48. The van der Waals surface area contributed by atoms with Gasteiger partial charge in [0, 0.05) is 21.8 Å². The van der Waals surface area contributed by atoms with E-state index in [2.05, 4.69) is 17.2 Å². The Hall–Kier alpha value is -2.28. The zero-order chi connectivity index (χ0) is 15.2. The molecule has 2 rings (SSSR count). The number of carbonyl (C=O) groups excluding carboxylic acids is 1. The molecular weight excluding hydrogens is 286 g/mol. The van der Waals surface area contributed by atoms with E-state index in [0.29, 0.717) is 10.6 Å². The standard InChI is InChI=1S/C17H14ClNO2/c1-12-11-13(3-2-10-20)4-9-16(12)19-17(21)14-5-7-15(18)8-6-14/h4-9,11,20H,10H2,1H3,(H,19,21). The van der Waals surface area contributed by atoms with Crippen LogP contribution in [0.2, 0.25) is 5.02 Å². The Bertz CT molecular complexity index is 712. The number of nitrogens with one attached hydrogen (secondary N) is 1. The van der Waals surface area contributed by atoms with Gasteiger partial charge in [-0.15, -0.1) is 0 Å². The molecule has 0 heterocycles. The van der Waals surface area contributed by atoms with Crippen molar-refractivity contribution < 1.29 is 9.90 Å². The molecule has 0 aliphatic rings. The number of rotatable bonds is 2. The van der Waals surface area contributed by atoms with Gasteiger partial charge in [0.05, 0.1) is 0 Å². The van der Waals surface area contributed by atoms with Gasteiger partial charge in [-0.3, -0.25) is 4.79 Å². The lowest BCUT2D eigenvalue weighted by Crippen LogP contribution is -2.12. The molecule has 0 saturated heterocycles. The number of halogens is 1. The van der Waals surface area contributed by atoms with Crippen LogP contribution in [-0.2, 0) is 0 Å². The second-order valence-corrected chi connectivity index (χ2v) is 4.89. The summed E-state index contributed by atoms with van der Waals surface area (Å²) in [4.78, 5) is 12.1. The summed E-state index contributed by atoms with van der Waals surface area (Å²) in [6.45, 7) is 1.72. The molecule has 0 fully saturated rings. The monoisotopic (exact) mass is 299 g/mol. The van der Waals surface area contributed by atoms with Gasteiger partial charge >= 0.3 is 0 Å². The second kappa shape index (κ2) is 6.94. The predicted octanol–water partition coefficient (Wildman–Crippen LogP) is 3.24. The van der Waals surface area contributed by atoms with Gasteiger partial charge in [-0.25, -0.2) is 0 Å². The molecule has 0 aromatic heterocycles. The number of aliphatic hydroxyl groups is 1. The molecule has 0 bridgehead atoms. The largest absolute Gasteiger partial charge is 0.384 e. The van der Waals surface area contributed by atoms with Crippen molar-refractivity contribution >= 4 is 23.2 Å². The summed E-state index contributed by atoms with van der Waals surface area (Å²) in [6.07, 6.45) is 0. The van der Waals surface area contributed by atoms with E-state index in [-0.39, 0.29) is 12.5 Å². The molecule has 2 aromatic carbocycles. The lowest BCUT2D eigenvalue weighted by Gasteiger charge is -2.09. The molecule has 4 heteroatoms. The molecular formula is C17H14ClNO2. The lowest BCUT2D eigenvalue weighted by atomic mass is 10.1. The third-order valence-corrected chi connectivity index (χ3v) is 3.14. The maximum atomic E-state index is 12.1. The van der Waals surface area contributed by atoms with Gasteiger partial charge in [0.2, 0.25) is 0 Å². The van der Waals surface area contributed by atoms with Crippen LogP contribution in [0, 0.1) is 18.8 Å². The number of aryl methyl sites for hydroxylation is 1. The number of carbonyl (C=O) groups is 1. The summed E-state index contributed by atoms with van der Waals surface area (Å²) < 4.78 is 0. The quantitative estimate of drug-likeness (QED) is 0.836. The van der Waals surface area contributed by atoms with E-state index in [1.807, 2.05) is 13.0 Å². The van der Waals surface area contributed by atoms with Crippen molar-refractivity contribution in [1.29, 1.82) is 0 Å². The van der Waals surface area contributed by atoms with Crippen LogP contribution in [0.1, 0.15) is 21.5 Å². The predicted molar refractivity (Wildman–Crippen MR) is 84.5 cm³/mol. The van der Waals surface area contributed by atoms with Crippen LogP contribution in [0.5, 0.6) is 0 Å². The van der Waals surface area contributed by atoms with Crippen LogP contribution >= 0.6 is 11.6 Å². The summed E-state index contributed by atoms with van der Waals surface area (Å²) in [5, 5.41) is 12.1. The van der Waals surface area contributed by atoms with E-state index in [4.69, 9.17) is 16.7 Å². The van der Waals surface area contributed by atoms with Gasteiger partial charge in [0.25, 0.3) is 5.91 Å². The first-order chi connectivity index (χ1) is 10.1. The highest BCUT2D eigenvalue weighted by Gasteiger charge is 2.07. The first-order valence-electron chi connectivity index (χ1n) is 6.37. The summed E-state index contributed by atoms with van der Waals surface area (Å²) in [5.74, 6) is 5.22. The second-order valence-electron chi connectivity index (χ2n) is 4.45. The smallest absolute Gasteiger partial charge is 0.255 e. The fourth-order valence-electron chi connectivity index (χ4n) is 1.82. The van der Waals surface area contributed by atoms with Gasteiger partial charge in [0.1, 0.15) is 6.61 Å². The minimum atomic E-state index is -0.191. The van der Waals surface area contributed by atoms with Crippen molar-refractivity contribution in [2.24, 2.45) is 0 Å². The fourth-order valence-corrected chi connectivity index (χ4v) is 1.95. The van der Waals surface area contributed by atoms with Gasteiger partial charge in [-0.1, -0.05) is 23.4 Å². The zero-order valence-electron chi connectivity index (χ0n) is 11.5. The molecule has 21 heavy (non-hydrogen) atoms. The number of amides is 1. The maximum Gasteiger partial charge on any atom is 0.255 e. The highest BCUT2D eigenvalue weighted by Crippen LogP contribution is 2.18. The van der Waals surface area contributed by atoms with Gasteiger partial charge in [0.15, 0.2) is 0 Å². The van der Waals surface area contributed by atoms with Crippen LogP contribution in [0.4, 0.5) is 5.69 Å². The van der Waals surface area contributed by atoms with Crippen molar-refractivity contribution in [3.8, 4) is 11.8 Å². The molecule has 2 N–H and O–H groups in total. The summed E-state index contributed by atoms with van der Waals surface area (Å²) in [6, 6.07) is 12.2. The van der Waals surface area contributed by atoms with E-state index >= 15 is 0 Å². The van der Waals surface area contributed by atoms with E-state index in [0.717, 1.165) is 16.8 Å². The third-order valence-electron chi connectivity index (χ3n) is 2.89. The van der Waals surface area contributed by atoms with Crippen molar-refractivity contribution in [1.82, 2.24) is 0 Å². The Labute approximate surface area is 128 Å². The topological polar surface area (TPSA) is 49.3 Å². The number of hydrogen-bond acceptors (Lipinski definition) is 2. The van der Waals surface area contributed by atoms with Crippen molar-refractivity contribution in [3.05, 3.63) is 64.2 Å². The average molecular weight is 300 g/mol. The van der Waals surface area contributed by atoms with Crippen molar-refractivity contribution in [2.45, 2.75) is 6.92 Å². The van der Waals surface area contributed by atoms with Crippen LogP contribution in [0.3, 0.4) is 0 Å². The summed E-state index contributed by atoms with van der Waals surface area (Å²) in [7, 11) is 0. The Morgan fingerprint density at radius 1 is 1.24 bits per heavy atom. The molecule has 0 saturated carbocycles. The van der Waals surface area contributed by atoms with E-state index in [1.165, 1.54) is 0 Å². The van der Waals surface area contributed by atoms with Gasteiger partial charge in [-0.2, -0.15) is 0 Å². The normalized spacial score (nSPS) is 9.67. The molecule has 0 aliphatic heterocycles. The number of hydrogen-bond donors (Lipinski definition) is 2. The Balaban J connectivity index is 2.16. The summed E-state index contributed by atoms with van der Waals surface area (Å²) >= 11 is 5.80. The highest BCUT2D eigenvalue weighted by molar-refractivity contribution is 6.30. The van der Waals surface area contributed by atoms with Crippen molar-refractivity contribution in [3.63, 3.8) is 0 Å². The van der Waals surface area contributed by atoms with E-state index < -0.39 is 0 Å². The highest BCUT2D eigenvalue weighted by atomic mass is 35.5. The Morgan fingerprint density at radius 3 is 2.57 bits per heavy atom. The maximum absolute atomic E-state index is 12.1. The first-order valence-corrected chi connectivity index (χ1v) is 6.75. The van der Waals surface area contributed by atoms with Crippen LogP contribution in [0.15, 0.2) is 42.5 Å². The minimum Gasteiger partial charge on any atom is -0.384 e. The number of anilines is 1. The molecule has 1 amide bonds. The molecule has 3 nitrogen and oxygen atoms in total. The molecule has 0 unspecified atom stereocenters. The van der Waals surface area contributed by atoms with Crippen LogP contribution < -0.4 is 5.32 Å². The van der Waals surface area contributed by atoms with Crippen LogP contribution in [-0.4, -0.2) is 17.6 Å². The lowest BCUT2D eigenvalue weighted by molar-refractivity contribution is 0.102. The molecule has 0 aliphatic carbocycles. The van der Waals surface area contributed by atoms with E-state index in [1.54, 1.807) is 36.4 Å². The SMILES string of the molecule is Cc1cc(C#CCO)ccc1NC(=O)c1ccc(Cl)cc1. The molecule has 0 atom stereocenters. The fraction of sp³-hybridized carbons (Fsp3) is 0.118. The minimum absolute atomic E-state index is 0.173. The van der Waals surface area contributed by atoms with Gasteiger partial charge in [-0.05, 0) is 55.0 Å². The Morgan fingerprint density at radius 2 is 1.95 bits per heavy atom. The zero-order valence-corrected chi connectivity index (χ0v) is 12.2. The molecule has 2 aromatic rings. The van der Waals surface area contributed by atoms with E-state index in [9.17, 15) is 4.79 Å². The number of aliphatic hydroxyl groups excluding tert-OH is 1.